The smallest absolute Gasteiger partial charge is 0.340 e. The second kappa shape index (κ2) is 6.58. The van der Waals surface area contributed by atoms with Crippen molar-refractivity contribution in [2.45, 2.75) is 0 Å². The van der Waals surface area contributed by atoms with Crippen LogP contribution < -0.4 is 11.1 Å². The maximum Gasteiger partial charge on any atom is 0.340 e. The van der Waals surface area contributed by atoms with E-state index >= 15 is 0 Å². The van der Waals surface area contributed by atoms with E-state index in [9.17, 15) is 13.2 Å². The monoisotopic (exact) mass is 301 g/mol. The van der Waals surface area contributed by atoms with E-state index in [-0.39, 0.29) is 23.5 Å². The fourth-order valence-electron chi connectivity index (χ4n) is 1.50. The number of rotatable bonds is 6. The summed E-state index contributed by atoms with van der Waals surface area (Å²) in [6, 6.07) is 4.86. The van der Waals surface area contributed by atoms with Gasteiger partial charge in [-0.25, -0.2) is 17.5 Å². The molecular formula is C12H19N3O4S. The number of nitrogens with zero attached hydrogens (tertiary/aromatic N) is 1. The zero-order valence-corrected chi connectivity index (χ0v) is 12.5. The third-order valence-corrected chi connectivity index (χ3v) is 4.58. The van der Waals surface area contributed by atoms with Crippen molar-refractivity contribution in [3.63, 3.8) is 0 Å². The van der Waals surface area contributed by atoms with Gasteiger partial charge in [0.2, 0.25) is 10.0 Å². The zero-order valence-electron chi connectivity index (χ0n) is 11.7. The predicted molar refractivity (Wildman–Crippen MR) is 78.2 cm³/mol. The Hall–Kier alpha value is -1.80. The molecule has 3 N–H and O–H groups in total. The number of carbonyl (C=O) groups is 1. The Labute approximate surface area is 118 Å². The Morgan fingerprint density at radius 1 is 1.40 bits per heavy atom. The number of carbonyl (C=O) groups excluding carboxylic acids is 1. The van der Waals surface area contributed by atoms with Crippen molar-refractivity contribution in [3.8, 4) is 0 Å². The molecule has 8 heteroatoms. The fourth-order valence-corrected chi connectivity index (χ4v) is 2.23. The van der Waals surface area contributed by atoms with Gasteiger partial charge in [0, 0.05) is 20.6 Å². The molecule has 0 bridgehead atoms. The highest BCUT2D eigenvalue weighted by molar-refractivity contribution is 7.89. The minimum absolute atomic E-state index is 0.0676. The first-order valence-corrected chi connectivity index (χ1v) is 7.51. The average Bonchev–Trinajstić information content (AvgIpc) is 2.39. The lowest BCUT2D eigenvalue weighted by Gasteiger charge is -2.14. The third kappa shape index (κ3) is 3.84. The van der Waals surface area contributed by atoms with Gasteiger partial charge in [0.15, 0.2) is 0 Å². The number of anilines is 2. The van der Waals surface area contributed by atoms with Crippen LogP contribution in [0.2, 0.25) is 0 Å². The number of nitrogens with one attached hydrogen (secondary N) is 1. The van der Waals surface area contributed by atoms with Crippen molar-refractivity contribution < 1.29 is 17.9 Å². The predicted octanol–water partition coefficient (Wildman–Crippen LogP) is 0.359. The quantitative estimate of drug-likeness (QED) is 0.581. The summed E-state index contributed by atoms with van der Waals surface area (Å²) >= 11 is 0. The van der Waals surface area contributed by atoms with Crippen LogP contribution in [0.1, 0.15) is 10.4 Å². The highest BCUT2D eigenvalue weighted by atomic mass is 32.2. The number of benzene rings is 1. The Bertz CT molecular complexity index is 584. The Morgan fingerprint density at radius 2 is 2.05 bits per heavy atom. The number of ether oxygens (including phenoxy) is 1. The van der Waals surface area contributed by atoms with Gasteiger partial charge >= 0.3 is 5.97 Å². The molecule has 20 heavy (non-hydrogen) atoms. The molecule has 0 aliphatic carbocycles. The second-order valence-corrected chi connectivity index (χ2v) is 6.59. The maximum atomic E-state index is 11.6. The Balaban J connectivity index is 2.78. The number of para-hydroxylation sites is 1. The van der Waals surface area contributed by atoms with E-state index in [4.69, 9.17) is 5.73 Å². The molecule has 112 valence electrons. The van der Waals surface area contributed by atoms with E-state index in [1.54, 1.807) is 18.2 Å². The molecule has 1 aromatic rings. The van der Waals surface area contributed by atoms with Crippen LogP contribution in [0.5, 0.6) is 0 Å². The third-order valence-electron chi connectivity index (χ3n) is 2.74. The zero-order chi connectivity index (χ0) is 15.3. The highest BCUT2D eigenvalue weighted by Crippen LogP contribution is 2.23. The number of hydrogen-bond donors (Lipinski definition) is 2. The standard InChI is InChI=1S/C12H19N3O4S/c1-15(2)20(17,18)8-7-14-10-6-4-5-9(11(10)13)12(16)19-3/h4-6,14H,7-8,13H2,1-3H3. The molecule has 0 radical (unpaired) electrons. The van der Waals surface area contributed by atoms with Crippen molar-refractivity contribution in [3.05, 3.63) is 23.8 Å². The van der Waals surface area contributed by atoms with E-state index in [0.717, 1.165) is 4.31 Å². The van der Waals surface area contributed by atoms with Crippen LogP contribution in [-0.2, 0) is 14.8 Å². The van der Waals surface area contributed by atoms with Crippen LogP contribution in [0.3, 0.4) is 0 Å². The van der Waals surface area contributed by atoms with Crippen LogP contribution in [0.15, 0.2) is 18.2 Å². The van der Waals surface area contributed by atoms with Crippen molar-refractivity contribution in [2.24, 2.45) is 0 Å². The lowest BCUT2D eigenvalue weighted by Crippen LogP contribution is -2.28. The van der Waals surface area contributed by atoms with E-state index in [1.807, 2.05) is 0 Å². The SMILES string of the molecule is COC(=O)c1cccc(NCCS(=O)(=O)N(C)C)c1N. The molecular weight excluding hydrogens is 282 g/mol. The molecule has 0 fully saturated rings. The molecule has 1 rings (SSSR count). The summed E-state index contributed by atoms with van der Waals surface area (Å²) in [5.41, 5.74) is 6.83. The highest BCUT2D eigenvalue weighted by Gasteiger charge is 2.15. The molecule has 0 saturated heterocycles. The van der Waals surface area contributed by atoms with Gasteiger partial charge in [0.05, 0.1) is 29.8 Å². The van der Waals surface area contributed by atoms with Gasteiger partial charge in [-0.3, -0.25) is 0 Å². The Kier molecular flexibility index (Phi) is 5.34. The first kappa shape index (κ1) is 16.3. The number of sulfonamides is 1. The molecule has 0 saturated carbocycles. The summed E-state index contributed by atoms with van der Waals surface area (Å²) in [5.74, 6) is -0.603. The van der Waals surface area contributed by atoms with E-state index < -0.39 is 16.0 Å². The number of methoxy groups -OCH3 is 1. The summed E-state index contributed by atoms with van der Waals surface area (Å²) in [6.45, 7) is 0.190. The second-order valence-electron chi connectivity index (χ2n) is 4.28. The summed E-state index contributed by atoms with van der Waals surface area (Å²) in [5, 5.41) is 2.90. The molecule has 0 spiro atoms. The number of nitrogen functional groups attached to an aromatic ring is 1. The van der Waals surface area contributed by atoms with Gasteiger partial charge in [0.1, 0.15) is 0 Å². The number of hydrogen-bond acceptors (Lipinski definition) is 6. The first-order chi connectivity index (χ1) is 9.29. The van der Waals surface area contributed by atoms with Crippen LogP contribution in [0, 0.1) is 0 Å². The maximum absolute atomic E-state index is 11.6. The van der Waals surface area contributed by atoms with Gasteiger partial charge in [-0.15, -0.1) is 0 Å². The van der Waals surface area contributed by atoms with Crippen molar-refractivity contribution >= 4 is 27.4 Å². The average molecular weight is 301 g/mol. The fraction of sp³-hybridized carbons (Fsp3) is 0.417. The molecule has 0 aromatic heterocycles. The Morgan fingerprint density at radius 3 is 2.60 bits per heavy atom. The van der Waals surface area contributed by atoms with Crippen LogP contribution in [-0.4, -0.2) is 52.2 Å². The summed E-state index contributed by atoms with van der Waals surface area (Å²) in [6.07, 6.45) is 0. The molecule has 0 aliphatic rings. The lowest BCUT2D eigenvalue weighted by molar-refractivity contribution is 0.0602. The lowest BCUT2D eigenvalue weighted by atomic mass is 10.1. The van der Waals surface area contributed by atoms with Gasteiger partial charge in [-0.05, 0) is 12.1 Å². The van der Waals surface area contributed by atoms with Gasteiger partial charge in [0.25, 0.3) is 0 Å². The van der Waals surface area contributed by atoms with Crippen LogP contribution >= 0.6 is 0 Å². The van der Waals surface area contributed by atoms with Crippen LogP contribution in [0.4, 0.5) is 11.4 Å². The van der Waals surface area contributed by atoms with Gasteiger partial charge < -0.3 is 15.8 Å². The topological polar surface area (TPSA) is 102 Å². The molecule has 1 aromatic carbocycles. The minimum atomic E-state index is -3.27. The van der Waals surface area contributed by atoms with Gasteiger partial charge in [-0.2, -0.15) is 0 Å². The molecule has 0 amide bonds. The largest absolute Gasteiger partial charge is 0.465 e. The van der Waals surface area contributed by atoms with Crippen molar-refractivity contribution in [2.75, 3.05) is 44.6 Å². The summed E-state index contributed by atoms with van der Waals surface area (Å²) in [4.78, 5) is 11.5. The van der Waals surface area contributed by atoms with Gasteiger partial charge in [-0.1, -0.05) is 6.07 Å². The van der Waals surface area contributed by atoms with E-state index in [1.165, 1.54) is 21.2 Å². The molecule has 0 unspecified atom stereocenters. The number of esters is 1. The van der Waals surface area contributed by atoms with Crippen molar-refractivity contribution in [1.29, 1.82) is 0 Å². The summed E-state index contributed by atoms with van der Waals surface area (Å²) in [7, 11) is 0.943. The van der Waals surface area contributed by atoms with E-state index in [0.29, 0.717) is 5.69 Å². The van der Waals surface area contributed by atoms with E-state index in [2.05, 4.69) is 10.1 Å². The summed E-state index contributed by atoms with van der Waals surface area (Å²) < 4.78 is 29.0. The number of nitrogens with two attached hydrogens (primary N) is 1. The molecule has 0 aliphatic heterocycles. The minimum Gasteiger partial charge on any atom is -0.465 e. The molecule has 7 nitrogen and oxygen atoms in total. The van der Waals surface area contributed by atoms with Crippen molar-refractivity contribution in [1.82, 2.24) is 4.31 Å². The molecule has 0 heterocycles. The van der Waals surface area contributed by atoms with Crippen LogP contribution in [0.25, 0.3) is 0 Å². The molecule has 0 atom stereocenters. The first-order valence-electron chi connectivity index (χ1n) is 5.90. The normalized spacial score (nSPS) is 11.4.